The van der Waals surface area contributed by atoms with E-state index in [4.69, 9.17) is 10.8 Å². The Morgan fingerprint density at radius 1 is 1.60 bits per heavy atom. The van der Waals surface area contributed by atoms with Gasteiger partial charge in [-0.2, -0.15) is 0 Å². The van der Waals surface area contributed by atoms with E-state index in [1.807, 2.05) is 13.8 Å². The lowest BCUT2D eigenvalue weighted by atomic mass is 9.67. The molecule has 0 saturated heterocycles. The largest absolute Gasteiger partial charge is 0.478 e. The highest BCUT2D eigenvalue weighted by Gasteiger charge is 2.37. The lowest BCUT2D eigenvalue weighted by Gasteiger charge is -2.39. The summed E-state index contributed by atoms with van der Waals surface area (Å²) in [5, 5.41) is 9.03. The average molecular weight is 209 g/mol. The van der Waals surface area contributed by atoms with E-state index in [0.717, 1.165) is 12.0 Å². The SMILES string of the molecule is CCC1C(N)=C(C(=O)O)C=C(C)C1(C)C. The van der Waals surface area contributed by atoms with E-state index in [2.05, 4.69) is 13.8 Å². The van der Waals surface area contributed by atoms with Crippen molar-refractivity contribution in [2.45, 2.75) is 34.1 Å². The van der Waals surface area contributed by atoms with Crippen LogP contribution in [0, 0.1) is 11.3 Å². The average Bonchev–Trinajstić information content (AvgIpc) is 2.11. The van der Waals surface area contributed by atoms with Crippen molar-refractivity contribution in [3.63, 3.8) is 0 Å². The van der Waals surface area contributed by atoms with Gasteiger partial charge in [-0.05, 0) is 24.8 Å². The van der Waals surface area contributed by atoms with Crippen molar-refractivity contribution in [1.82, 2.24) is 0 Å². The van der Waals surface area contributed by atoms with E-state index in [-0.39, 0.29) is 16.9 Å². The summed E-state index contributed by atoms with van der Waals surface area (Å²) in [4.78, 5) is 11.0. The van der Waals surface area contributed by atoms with Crippen molar-refractivity contribution in [2.24, 2.45) is 17.1 Å². The van der Waals surface area contributed by atoms with E-state index in [0.29, 0.717) is 5.70 Å². The molecule has 0 heterocycles. The zero-order chi connectivity index (χ0) is 11.8. The predicted octanol–water partition coefficient (Wildman–Crippen LogP) is 2.30. The third kappa shape index (κ3) is 1.78. The van der Waals surface area contributed by atoms with Gasteiger partial charge in [0.2, 0.25) is 0 Å². The zero-order valence-corrected chi connectivity index (χ0v) is 9.79. The third-order valence-electron chi connectivity index (χ3n) is 3.57. The Labute approximate surface area is 90.7 Å². The summed E-state index contributed by atoms with van der Waals surface area (Å²) in [7, 11) is 0. The van der Waals surface area contributed by atoms with Gasteiger partial charge in [-0.1, -0.05) is 26.3 Å². The van der Waals surface area contributed by atoms with Crippen LogP contribution in [0.15, 0.2) is 22.9 Å². The van der Waals surface area contributed by atoms with E-state index in [1.54, 1.807) is 6.08 Å². The summed E-state index contributed by atoms with van der Waals surface area (Å²) in [5.41, 5.74) is 7.74. The molecule has 3 N–H and O–H groups in total. The second-order valence-electron chi connectivity index (χ2n) is 4.68. The second-order valence-corrected chi connectivity index (χ2v) is 4.68. The van der Waals surface area contributed by atoms with Crippen molar-refractivity contribution >= 4 is 5.97 Å². The van der Waals surface area contributed by atoms with Crippen molar-refractivity contribution in [1.29, 1.82) is 0 Å². The van der Waals surface area contributed by atoms with Crippen molar-refractivity contribution in [3.05, 3.63) is 22.9 Å². The van der Waals surface area contributed by atoms with Crippen LogP contribution >= 0.6 is 0 Å². The molecule has 0 radical (unpaired) electrons. The predicted molar refractivity (Wildman–Crippen MR) is 60.2 cm³/mol. The number of carbonyl (C=O) groups is 1. The highest BCUT2D eigenvalue weighted by Crippen LogP contribution is 2.44. The van der Waals surface area contributed by atoms with Gasteiger partial charge in [-0.15, -0.1) is 0 Å². The van der Waals surface area contributed by atoms with Crippen LogP contribution in [0.2, 0.25) is 0 Å². The summed E-state index contributed by atoms with van der Waals surface area (Å²) >= 11 is 0. The molecular formula is C12H19NO2. The molecule has 3 nitrogen and oxygen atoms in total. The van der Waals surface area contributed by atoms with Gasteiger partial charge in [0.1, 0.15) is 0 Å². The van der Waals surface area contributed by atoms with Gasteiger partial charge in [0, 0.05) is 11.6 Å². The van der Waals surface area contributed by atoms with Crippen LogP contribution in [-0.4, -0.2) is 11.1 Å². The number of hydrogen-bond donors (Lipinski definition) is 2. The first-order valence-corrected chi connectivity index (χ1v) is 5.24. The first-order valence-electron chi connectivity index (χ1n) is 5.24. The summed E-state index contributed by atoms with van der Waals surface area (Å²) in [6.45, 7) is 8.23. The maximum Gasteiger partial charge on any atom is 0.337 e. The minimum absolute atomic E-state index is 0.0439. The van der Waals surface area contributed by atoms with Gasteiger partial charge in [-0.25, -0.2) is 4.79 Å². The fraction of sp³-hybridized carbons (Fsp3) is 0.583. The maximum atomic E-state index is 11.0. The van der Waals surface area contributed by atoms with Crippen LogP contribution in [0.5, 0.6) is 0 Å². The summed E-state index contributed by atoms with van der Waals surface area (Å²) in [5.74, 6) is -0.811. The number of aliphatic carboxylic acids is 1. The van der Waals surface area contributed by atoms with Crippen LogP contribution in [0.1, 0.15) is 34.1 Å². The molecule has 0 aromatic carbocycles. The molecule has 0 amide bonds. The number of allylic oxidation sites excluding steroid dienone is 2. The molecule has 84 valence electrons. The van der Waals surface area contributed by atoms with Gasteiger partial charge < -0.3 is 10.8 Å². The van der Waals surface area contributed by atoms with Crippen LogP contribution in [0.4, 0.5) is 0 Å². The van der Waals surface area contributed by atoms with Gasteiger partial charge in [-0.3, -0.25) is 0 Å². The Bertz CT molecular complexity index is 351. The Morgan fingerprint density at radius 3 is 2.53 bits per heavy atom. The first-order chi connectivity index (χ1) is 6.82. The molecule has 1 rings (SSSR count). The number of rotatable bonds is 2. The Morgan fingerprint density at radius 2 is 2.13 bits per heavy atom. The van der Waals surface area contributed by atoms with Gasteiger partial charge in [0.15, 0.2) is 0 Å². The maximum absolute atomic E-state index is 11.0. The van der Waals surface area contributed by atoms with Crippen LogP contribution < -0.4 is 5.73 Å². The van der Waals surface area contributed by atoms with Gasteiger partial charge >= 0.3 is 5.97 Å². The molecular weight excluding hydrogens is 190 g/mol. The number of carboxylic acids is 1. The zero-order valence-electron chi connectivity index (χ0n) is 9.79. The molecule has 0 aliphatic heterocycles. The number of nitrogens with two attached hydrogens (primary N) is 1. The molecule has 3 heteroatoms. The minimum atomic E-state index is -0.930. The molecule has 0 spiro atoms. The van der Waals surface area contributed by atoms with E-state index < -0.39 is 5.97 Å². The number of carboxylic acid groups (broad SMARTS) is 1. The van der Waals surface area contributed by atoms with Crippen LogP contribution in [0.25, 0.3) is 0 Å². The van der Waals surface area contributed by atoms with Crippen molar-refractivity contribution in [3.8, 4) is 0 Å². The summed E-state index contributed by atoms with van der Waals surface area (Å²) < 4.78 is 0. The first kappa shape index (κ1) is 11.8. The van der Waals surface area contributed by atoms with Crippen molar-refractivity contribution < 1.29 is 9.90 Å². The normalized spacial score (nSPS) is 25.1. The topological polar surface area (TPSA) is 63.3 Å². The molecule has 15 heavy (non-hydrogen) atoms. The van der Waals surface area contributed by atoms with Gasteiger partial charge in [0.25, 0.3) is 0 Å². The van der Waals surface area contributed by atoms with Crippen LogP contribution in [-0.2, 0) is 4.79 Å². The van der Waals surface area contributed by atoms with E-state index >= 15 is 0 Å². The monoisotopic (exact) mass is 209 g/mol. The Hall–Kier alpha value is -1.25. The van der Waals surface area contributed by atoms with Crippen molar-refractivity contribution in [2.75, 3.05) is 0 Å². The van der Waals surface area contributed by atoms with E-state index in [1.165, 1.54) is 0 Å². The molecule has 1 unspecified atom stereocenters. The molecule has 0 aromatic heterocycles. The third-order valence-corrected chi connectivity index (χ3v) is 3.57. The molecule has 0 bridgehead atoms. The fourth-order valence-electron chi connectivity index (χ4n) is 2.25. The quantitative estimate of drug-likeness (QED) is 0.733. The lowest BCUT2D eigenvalue weighted by molar-refractivity contribution is -0.132. The highest BCUT2D eigenvalue weighted by atomic mass is 16.4. The van der Waals surface area contributed by atoms with Crippen LogP contribution in [0.3, 0.4) is 0 Å². The van der Waals surface area contributed by atoms with Gasteiger partial charge in [0.05, 0.1) is 5.57 Å². The Balaban J connectivity index is 3.29. The molecule has 1 atom stereocenters. The lowest BCUT2D eigenvalue weighted by Crippen LogP contribution is -2.34. The molecule has 0 fully saturated rings. The smallest absolute Gasteiger partial charge is 0.337 e. The number of hydrogen-bond acceptors (Lipinski definition) is 2. The minimum Gasteiger partial charge on any atom is -0.478 e. The molecule has 0 aromatic rings. The Kier molecular flexibility index (Phi) is 2.93. The standard InChI is InChI=1S/C12H19NO2/c1-5-9-10(13)8(11(14)15)6-7(2)12(9,3)4/h6,9H,5,13H2,1-4H3,(H,14,15). The summed E-state index contributed by atoms with van der Waals surface area (Å²) in [6.07, 6.45) is 2.56. The molecule has 1 aliphatic rings. The summed E-state index contributed by atoms with van der Waals surface area (Å²) in [6, 6.07) is 0. The fourth-order valence-corrected chi connectivity index (χ4v) is 2.25. The van der Waals surface area contributed by atoms with E-state index in [9.17, 15) is 4.79 Å². The molecule has 0 saturated carbocycles. The highest BCUT2D eigenvalue weighted by molar-refractivity contribution is 5.91. The molecule has 1 aliphatic carbocycles. The second kappa shape index (κ2) is 3.72.